The van der Waals surface area contributed by atoms with Crippen molar-refractivity contribution < 1.29 is 4.79 Å². The molecule has 0 aliphatic carbocycles. The molecule has 0 aliphatic rings. The highest BCUT2D eigenvalue weighted by Crippen LogP contribution is 2.21. The van der Waals surface area contributed by atoms with Crippen LogP contribution in [0.4, 0.5) is 0 Å². The molecule has 4 heteroatoms. The average Bonchev–Trinajstić information content (AvgIpc) is 2.90. The zero-order valence-corrected chi connectivity index (χ0v) is 12.8. The Hall–Kier alpha value is -2.62. The second kappa shape index (κ2) is 6.02. The molecule has 2 N–H and O–H groups in total. The number of hydrogen-bond acceptors (Lipinski definition) is 2. The molecule has 0 spiro atoms. The second-order valence-electron chi connectivity index (χ2n) is 5.70. The number of aromatic nitrogens is 2. The Balaban J connectivity index is 1.86. The number of carbonyl (C=O) groups is 1. The van der Waals surface area contributed by atoms with Crippen LogP contribution in [0.15, 0.2) is 48.5 Å². The fourth-order valence-electron chi connectivity index (χ4n) is 2.46. The van der Waals surface area contributed by atoms with Crippen molar-refractivity contribution in [2.24, 2.45) is 0 Å². The van der Waals surface area contributed by atoms with Gasteiger partial charge >= 0.3 is 0 Å². The molecule has 2 aromatic carbocycles. The number of aromatic amines is 1. The third-order valence-corrected chi connectivity index (χ3v) is 3.41. The van der Waals surface area contributed by atoms with Gasteiger partial charge in [0.1, 0.15) is 5.82 Å². The molecule has 4 nitrogen and oxygen atoms in total. The van der Waals surface area contributed by atoms with Crippen molar-refractivity contribution >= 4 is 16.9 Å². The van der Waals surface area contributed by atoms with Crippen LogP contribution in [0, 0.1) is 0 Å². The molecule has 3 aromatic rings. The number of nitrogens with one attached hydrogen (secondary N) is 2. The van der Waals surface area contributed by atoms with Crippen molar-refractivity contribution in [3.8, 4) is 11.4 Å². The predicted molar refractivity (Wildman–Crippen MR) is 88.5 cm³/mol. The molecule has 0 saturated heterocycles. The number of imidazole rings is 1. The minimum atomic E-state index is 0.0390. The molecule has 0 aliphatic heterocycles. The number of nitrogens with zero attached hydrogens (tertiary/aromatic N) is 1. The van der Waals surface area contributed by atoms with Crippen LogP contribution >= 0.6 is 0 Å². The maximum Gasteiger partial charge on any atom is 0.224 e. The number of fused-ring (bicyclic) bond motifs is 1. The molecule has 22 heavy (non-hydrogen) atoms. The summed E-state index contributed by atoms with van der Waals surface area (Å²) < 4.78 is 0. The fourth-order valence-corrected chi connectivity index (χ4v) is 2.46. The largest absolute Gasteiger partial charge is 0.354 e. The van der Waals surface area contributed by atoms with Crippen LogP contribution in [0.25, 0.3) is 22.4 Å². The van der Waals surface area contributed by atoms with E-state index in [-0.39, 0.29) is 11.9 Å². The third kappa shape index (κ3) is 3.17. The maximum atomic E-state index is 11.8. The van der Waals surface area contributed by atoms with Crippen molar-refractivity contribution in [2.75, 3.05) is 0 Å². The van der Waals surface area contributed by atoms with E-state index in [9.17, 15) is 4.79 Å². The number of rotatable bonds is 4. The van der Waals surface area contributed by atoms with Crippen molar-refractivity contribution in [1.82, 2.24) is 15.3 Å². The number of H-pyrrole nitrogens is 1. The Labute approximate surface area is 129 Å². The highest BCUT2D eigenvalue weighted by atomic mass is 16.1. The summed E-state index contributed by atoms with van der Waals surface area (Å²) >= 11 is 0. The lowest BCUT2D eigenvalue weighted by Gasteiger charge is -2.07. The molecule has 0 radical (unpaired) electrons. The minimum Gasteiger partial charge on any atom is -0.354 e. The Bertz CT molecular complexity index is 790. The molecule has 0 bridgehead atoms. The Morgan fingerprint density at radius 1 is 1.18 bits per heavy atom. The molecule has 1 amide bonds. The van der Waals surface area contributed by atoms with Crippen molar-refractivity contribution in [2.45, 2.75) is 26.3 Å². The van der Waals surface area contributed by atoms with E-state index in [4.69, 9.17) is 0 Å². The summed E-state index contributed by atoms with van der Waals surface area (Å²) in [7, 11) is 0. The first-order valence-electron chi connectivity index (χ1n) is 7.45. The Morgan fingerprint density at radius 3 is 2.68 bits per heavy atom. The smallest absolute Gasteiger partial charge is 0.224 e. The van der Waals surface area contributed by atoms with Gasteiger partial charge in [0, 0.05) is 11.6 Å². The molecule has 0 saturated carbocycles. The van der Waals surface area contributed by atoms with Crippen LogP contribution in [0.5, 0.6) is 0 Å². The van der Waals surface area contributed by atoms with Crippen LogP contribution < -0.4 is 5.32 Å². The van der Waals surface area contributed by atoms with Gasteiger partial charge in [-0.25, -0.2) is 4.98 Å². The van der Waals surface area contributed by atoms with E-state index in [1.54, 1.807) is 0 Å². The number of amides is 1. The average molecular weight is 293 g/mol. The van der Waals surface area contributed by atoms with Gasteiger partial charge in [-0.2, -0.15) is 0 Å². The van der Waals surface area contributed by atoms with E-state index < -0.39 is 0 Å². The van der Waals surface area contributed by atoms with E-state index in [1.165, 1.54) is 0 Å². The summed E-state index contributed by atoms with van der Waals surface area (Å²) in [4.78, 5) is 19.8. The molecular weight excluding hydrogens is 274 g/mol. The van der Waals surface area contributed by atoms with Gasteiger partial charge in [0.2, 0.25) is 5.91 Å². The zero-order chi connectivity index (χ0) is 15.5. The van der Waals surface area contributed by atoms with E-state index in [2.05, 4.69) is 15.3 Å². The SMILES string of the molecule is CC(C)NC(=O)Cc1ccc2nc(-c3ccccc3)[nH]c2c1. The van der Waals surface area contributed by atoms with E-state index in [0.29, 0.717) is 6.42 Å². The van der Waals surface area contributed by atoms with Gasteiger partial charge in [-0.1, -0.05) is 36.4 Å². The molecule has 0 unspecified atom stereocenters. The van der Waals surface area contributed by atoms with E-state index >= 15 is 0 Å². The first-order valence-corrected chi connectivity index (χ1v) is 7.45. The quantitative estimate of drug-likeness (QED) is 0.775. The normalized spacial score (nSPS) is 11.0. The summed E-state index contributed by atoms with van der Waals surface area (Å²) in [6, 6.07) is 16.1. The fraction of sp³-hybridized carbons (Fsp3) is 0.222. The molecule has 1 heterocycles. The van der Waals surface area contributed by atoms with Crippen LogP contribution in [0.2, 0.25) is 0 Å². The van der Waals surface area contributed by atoms with Crippen LogP contribution in [-0.2, 0) is 11.2 Å². The molecule has 3 rings (SSSR count). The monoisotopic (exact) mass is 293 g/mol. The first kappa shape index (κ1) is 14.3. The van der Waals surface area contributed by atoms with Gasteiger partial charge in [0.25, 0.3) is 0 Å². The number of benzene rings is 2. The van der Waals surface area contributed by atoms with Crippen molar-refractivity contribution in [3.05, 3.63) is 54.1 Å². The summed E-state index contributed by atoms with van der Waals surface area (Å²) in [6.07, 6.45) is 0.383. The standard InChI is InChI=1S/C18H19N3O/c1-12(2)19-17(22)11-13-8-9-15-16(10-13)21-18(20-15)14-6-4-3-5-7-14/h3-10,12H,11H2,1-2H3,(H,19,22)(H,20,21). The number of hydrogen-bond donors (Lipinski definition) is 2. The first-order chi connectivity index (χ1) is 10.6. The highest BCUT2D eigenvalue weighted by molar-refractivity contribution is 5.83. The van der Waals surface area contributed by atoms with Gasteiger partial charge < -0.3 is 10.3 Å². The summed E-state index contributed by atoms with van der Waals surface area (Å²) in [5.41, 5.74) is 3.90. The van der Waals surface area contributed by atoms with Crippen molar-refractivity contribution in [3.63, 3.8) is 0 Å². The maximum absolute atomic E-state index is 11.8. The second-order valence-corrected chi connectivity index (χ2v) is 5.70. The van der Waals surface area contributed by atoms with Gasteiger partial charge in [-0.3, -0.25) is 4.79 Å². The lowest BCUT2D eigenvalue weighted by molar-refractivity contribution is -0.120. The molecule has 0 atom stereocenters. The van der Waals surface area contributed by atoms with Crippen LogP contribution in [0.1, 0.15) is 19.4 Å². The molecular formula is C18H19N3O. The summed E-state index contributed by atoms with van der Waals surface area (Å²) in [5, 5.41) is 2.91. The van der Waals surface area contributed by atoms with Crippen LogP contribution in [-0.4, -0.2) is 21.9 Å². The summed E-state index contributed by atoms with van der Waals surface area (Å²) in [6.45, 7) is 3.92. The van der Waals surface area contributed by atoms with Gasteiger partial charge in [-0.15, -0.1) is 0 Å². The van der Waals surface area contributed by atoms with Gasteiger partial charge in [0.05, 0.1) is 17.5 Å². The summed E-state index contributed by atoms with van der Waals surface area (Å²) in [5.74, 6) is 0.886. The topological polar surface area (TPSA) is 57.8 Å². The minimum absolute atomic E-state index is 0.0390. The highest BCUT2D eigenvalue weighted by Gasteiger charge is 2.08. The van der Waals surface area contributed by atoms with Gasteiger partial charge in [-0.05, 0) is 31.5 Å². The molecule has 1 aromatic heterocycles. The lowest BCUT2D eigenvalue weighted by Crippen LogP contribution is -2.31. The van der Waals surface area contributed by atoms with E-state index in [1.807, 2.05) is 62.4 Å². The van der Waals surface area contributed by atoms with E-state index in [0.717, 1.165) is 28.0 Å². The predicted octanol–water partition coefficient (Wildman–Crippen LogP) is 3.30. The van der Waals surface area contributed by atoms with Crippen molar-refractivity contribution in [1.29, 1.82) is 0 Å². The van der Waals surface area contributed by atoms with Crippen LogP contribution in [0.3, 0.4) is 0 Å². The Morgan fingerprint density at radius 2 is 1.95 bits per heavy atom. The Kier molecular flexibility index (Phi) is 3.92. The molecule has 0 fully saturated rings. The van der Waals surface area contributed by atoms with Gasteiger partial charge in [0.15, 0.2) is 0 Å². The number of carbonyl (C=O) groups excluding carboxylic acids is 1. The molecule has 112 valence electrons. The zero-order valence-electron chi connectivity index (χ0n) is 12.8. The lowest BCUT2D eigenvalue weighted by atomic mass is 10.1. The third-order valence-electron chi connectivity index (χ3n) is 3.41.